The summed E-state index contributed by atoms with van der Waals surface area (Å²) in [5.74, 6) is -0.202. The molecule has 19 heavy (non-hydrogen) atoms. The number of rotatable bonds is 3. The molecule has 1 N–H and O–H groups in total. The average molecular weight is 263 g/mol. The summed E-state index contributed by atoms with van der Waals surface area (Å²) in [6, 6.07) is 0. The summed E-state index contributed by atoms with van der Waals surface area (Å²) in [6.07, 6.45) is 7.17. The van der Waals surface area contributed by atoms with Crippen molar-refractivity contribution in [3.8, 4) is 0 Å². The largest absolute Gasteiger partial charge is 0.508 e. The number of aliphatic hydroxyl groups is 1. The number of aliphatic hydroxyl groups excluding tert-OH is 1. The van der Waals surface area contributed by atoms with Crippen LogP contribution in [-0.2, 0) is 19.1 Å². The van der Waals surface area contributed by atoms with Crippen molar-refractivity contribution in [1.29, 1.82) is 0 Å². The van der Waals surface area contributed by atoms with E-state index in [0.29, 0.717) is 11.3 Å². The highest BCUT2D eigenvalue weighted by molar-refractivity contribution is 5.94. The molecule has 0 unspecified atom stereocenters. The molecule has 0 aromatic heterocycles. The minimum atomic E-state index is -0.403. The summed E-state index contributed by atoms with van der Waals surface area (Å²) < 4.78 is 9.83. The molecule has 2 aliphatic rings. The fourth-order valence-electron chi connectivity index (χ4n) is 1.68. The lowest BCUT2D eigenvalue weighted by molar-refractivity contribution is -0.140. The molecule has 0 fully saturated rings. The molecule has 0 amide bonds. The number of esters is 1. The van der Waals surface area contributed by atoms with Crippen LogP contribution >= 0.6 is 0 Å². The van der Waals surface area contributed by atoms with E-state index in [0.717, 1.165) is 0 Å². The van der Waals surface area contributed by atoms with Crippen molar-refractivity contribution in [3.63, 3.8) is 0 Å². The van der Waals surface area contributed by atoms with Crippen molar-refractivity contribution >= 4 is 11.8 Å². The van der Waals surface area contributed by atoms with Crippen molar-refractivity contribution in [2.45, 2.75) is 6.42 Å². The first kappa shape index (κ1) is 12.9. The molecule has 0 bridgehead atoms. The Kier molecular flexibility index (Phi) is 3.70. The summed E-state index contributed by atoms with van der Waals surface area (Å²) in [6.45, 7) is 0.0255. The quantitative estimate of drug-likeness (QED) is 0.770. The molecule has 0 aromatic rings. The molecule has 100 valence electrons. The van der Waals surface area contributed by atoms with Crippen molar-refractivity contribution in [3.05, 3.63) is 47.9 Å². The molecule has 1 aliphatic heterocycles. The van der Waals surface area contributed by atoms with Crippen LogP contribution in [0.5, 0.6) is 0 Å². The van der Waals surface area contributed by atoms with Gasteiger partial charge in [0.15, 0.2) is 5.78 Å². The molecular weight excluding hydrogens is 250 g/mol. The van der Waals surface area contributed by atoms with Crippen LogP contribution < -0.4 is 0 Å². The zero-order valence-corrected chi connectivity index (χ0v) is 10.3. The maximum absolute atomic E-state index is 11.3. The van der Waals surface area contributed by atoms with E-state index in [1.54, 1.807) is 11.1 Å². The van der Waals surface area contributed by atoms with Gasteiger partial charge in [-0.2, -0.15) is 0 Å². The first-order chi connectivity index (χ1) is 9.10. The molecule has 6 heteroatoms. The van der Waals surface area contributed by atoms with Gasteiger partial charge in [0.05, 0.1) is 7.11 Å². The molecule has 0 aromatic carbocycles. The van der Waals surface area contributed by atoms with Gasteiger partial charge >= 0.3 is 5.97 Å². The number of ether oxygens (including phenoxy) is 2. The molecule has 0 spiro atoms. The van der Waals surface area contributed by atoms with E-state index >= 15 is 0 Å². The van der Waals surface area contributed by atoms with Gasteiger partial charge in [-0.15, -0.1) is 0 Å². The van der Waals surface area contributed by atoms with Crippen molar-refractivity contribution < 1.29 is 24.2 Å². The fraction of sp³-hybridized carbons (Fsp3) is 0.231. The number of hydrogen-bond donors (Lipinski definition) is 1. The minimum Gasteiger partial charge on any atom is -0.508 e. The first-order valence-corrected chi connectivity index (χ1v) is 5.61. The third-order valence-corrected chi connectivity index (χ3v) is 2.65. The van der Waals surface area contributed by atoms with Crippen molar-refractivity contribution in [1.82, 2.24) is 4.90 Å². The van der Waals surface area contributed by atoms with Crippen molar-refractivity contribution in [2.75, 3.05) is 13.7 Å². The van der Waals surface area contributed by atoms with E-state index < -0.39 is 5.97 Å². The molecule has 6 nitrogen and oxygen atoms in total. The second kappa shape index (κ2) is 5.43. The Morgan fingerprint density at radius 3 is 3.05 bits per heavy atom. The number of allylic oxidation sites excluding steroid dienone is 3. The third kappa shape index (κ3) is 3.04. The Balaban J connectivity index is 2.18. The van der Waals surface area contributed by atoms with Gasteiger partial charge in [-0.1, -0.05) is 0 Å². The summed E-state index contributed by atoms with van der Waals surface area (Å²) in [7, 11) is 1.30. The molecule has 2 rings (SSSR count). The lowest BCUT2D eigenvalue weighted by atomic mass is 10.0. The minimum absolute atomic E-state index is 0.0147. The molecule has 1 aliphatic carbocycles. The van der Waals surface area contributed by atoms with Gasteiger partial charge in [0.25, 0.3) is 0 Å². The third-order valence-electron chi connectivity index (χ3n) is 2.65. The molecule has 1 heterocycles. The molecule has 0 saturated heterocycles. The number of methoxy groups -OCH3 is 1. The molecule has 0 radical (unpaired) electrons. The topological polar surface area (TPSA) is 76.1 Å². The van der Waals surface area contributed by atoms with Crippen LogP contribution in [0.4, 0.5) is 0 Å². The highest BCUT2D eigenvalue weighted by Gasteiger charge is 2.21. The summed E-state index contributed by atoms with van der Waals surface area (Å²) in [5, 5.41) is 9.74. The number of hydrogen-bond acceptors (Lipinski definition) is 6. The molecule has 0 atom stereocenters. The monoisotopic (exact) mass is 263 g/mol. The normalized spacial score (nSPS) is 18.3. The highest BCUT2D eigenvalue weighted by atomic mass is 16.5. The Bertz CT molecular complexity index is 527. The Morgan fingerprint density at radius 1 is 1.53 bits per heavy atom. The smallest absolute Gasteiger partial charge is 0.325 e. The second-order valence-electron chi connectivity index (χ2n) is 3.99. The SMILES string of the molecule is COC(=O)CN1C=COC(C2=C(O)C=CC(=O)C2)=C1. The summed E-state index contributed by atoms with van der Waals surface area (Å²) in [4.78, 5) is 24.1. The maximum Gasteiger partial charge on any atom is 0.325 e. The first-order valence-electron chi connectivity index (χ1n) is 5.61. The standard InChI is InChI=1S/C13H13NO5/c1-18-13(17)8-14-4-5-19-12(7-14)10-6-9(15)2-3-11(10)16/h2-5,7,16H,6,8H2,1H3. The maximum atomic E-state index is 11.3. The lowest BCUT2D eigenvalue weighted by Crippen LogP contribution is -2.24. The zero-order chi connectivity index (χ0) is 13.8. The number of carbonyl (C=O) groups is 2. The van der Waals surface area contributed by atoms with Crippen LogP contribution in [0.25, 0.3) is 0 Å². The van der Waals surface area contributed by atoms with Gasteiger partial charge < -0.3 is 19.5 Å². The Labute approximate surface area is 109 Å². The number of ketones is 1. The number of nitrogens with zero attached hydrogens (tertiary/aromatic N) is 1. The van der Waals surface area contributed by atoms with Gasteiger partial charge in [0.2, 0.25) is 0 Å². The van der Waals surface area contributed by atoms with Gasteiger partial charge in [-0.05, 0) is 12.2 Å². The van der Waals surface area contributed by atoms with Crippen LogP contribution in [0.2, 0.25) is 0 Å². The predicted molar refractivity (Wildman–Crippen MR) is 65.4 cm³/mol. The number of carbonyl (C=O) groups excluding carboxylic acids is 2. The summed E-state index contributed by atoms with van der Waals surface area (Å²) >= 11 is 0. The van der Waals surface area contributed by atoms with Gasteiger partial charge in [-0.3, -0.25) is 9.59 Å². The van der Waals surface area contributed by atoms with Crippen LogP contribution in [-0.4, -0.2) is 35.4 Å². The Morgan fingerprint density at radius 2 is 2.32 bits per heavy atom. The average Bonchev–Trinajstić information content (AvgIpc) is 2.41. The molecule has 0 saturated carbocycles. The van der Waals surface area contributed by atoms with E-state index in [1.807, 2.05) is 0 Å². The van der Waals surface area contributed by atoms with Crippen LogP contribution in [0.1, 0.15) is 6.42 Å². The van der Waals surface area contributed by atoms with Gasteiger partial charge in [0, 0.05) is 24.4 Å². The zero-order valence-electron chi connectivity index (χ0n) is 10.3. The van der Waals surface area contributed by atoms with E-state index in [2.05, 4.69) is 4.74 Å². The van der Waals surface area contributed by atoms with Crippen LogP contribution in [0, 0.1) is 0 Å². The Hall–Kier alpha value is -2.50. The van der Waals surface area contributed by atoms with Crippen LogP contribution in [0.15, 0.2) is 47.9 Å². The van der Waals surface area contributed by atoms with E-state index in [9.17, 15) is 14.7 Å². The molecular formula is C13H13NO5. The fourth-order valence-corrected chi connectivity index (χ4v) is 1.68. The van der Waals surface area contributed by atoms with Crippen LogP contribution in [0.3, 0.4) is 0 Å². The van der Waals surface area contributed by atoms with Gasteiger partial charge in [-0.25, -0.2) is 0 Å². The van der Waals surface area contributed by atoms with E-state index in [1.165, 1.54) is 31.7 Å². The predicted octanol–water partition coefficient (Wildman–Crippen LogP) is 1.15. The van der Waals surface area contributed by atoms with E-state index in [-0.39, 0.29) is 24.5 Å². The summed E-state index contributed by atoms with van der Waals surface area (Å²) in [5.41, 5.74) is 0.395. The highest BCUT2D eigenvalue weighted by Crippen LogP contribution is 2.26. The van der Waals surface area contributed by atoms with E-state index in [4.69, 9.17) is 4.74 Å². The van der Waals surface area contributed by atoms with Crippen molar-refractivity contribution in [2.24, 2.45) is 0 Å². The lowest BCUT2D eigenvalue weighted by Gasteiger charge is -2.22. The second-order valence-corrected chi connectivity index (χ2v) is 3.99. The van der Waals surface area contributed by atoms with Gasteiger partial charge in [0.1, 0.15) is 24.3 Å².